The maximum atomic E-state index is 13.2. The quantitative estimate of drug-likeness (QED) is 0.615. The Morgan fingerprint density at radius 2 is 1.94 bits per heavy atom. The summed E-state index contributed by atoms with van der Waals surface area (Å²) in [7, 11) is 3.17. The summed E-state index contributed by atoms with van der Waals surface area (Å²) in [5.74, 6) is 1.01. The number of methoxy groups -OCH3 is 2. The van der Waals surface area contributed by atoms with Gasteiger partial charge in [-0.15, -0.1) is 0 Å². The van der Waals surface area contributed by atoms with Crippen molar-refractivity contribution < 1.29 is 19.1 Å². The van der Waals surface area contributed by atoms with E-state index in [1.54, 1.807) is 49.6 Å². The van der Waals surface area contributed by atoms with Gasteiger partial charge in [0, 0.05) is 24.0 Å². The molecule has 1 aliphatic rings. The molecule has 7 nitrogen and oxygen atoms in total. The first kappa shape index (κ1) is 21.4. The zero-order chi connectivity index (χ0) is 22.7. The topological polar surface area (TPSA) is 80.8 Å². The van der Waals surface area contributed by atoms with Gasteiger partial charge < -0.3 is 14.8 Å². The highest BCUT2D eigenvalue weighted by molar-refractivity contribution is 6.11. The van der Waals surface area contributed by atoms with Crippen molar-refractivity contribution in [2.75, 3.05) is 19.1 Å². The Bertz CT molecular complexity index is 1160. The summed E-state index contributed by atoms with van der Waals surface area (Å²) < 4.78 is 10.7. The lowest BCUT2D eigenvalue weighted by Gasteiger charge is -2.25. The average Bonchev–Trinajstić information content (AvgIpc) is 3.09. The van der Waals surface area contributed by atoms with E-state index >= 15 is 0 Å². The van der Waals surface area contributed by atoms with Gasteiger partial charge in [-0.25, -0.2) is 0 Å². The molecular formula is C25H25N3O4. The van der Waals surface area contributed by atoms with Gasteiger partial charge in [0.25, 0.3) is 5.91 Å². The van der Waals surface area contributed by atoms with Gasteiger partial charge in [0.1, 0.15) is 11.5 Å². The van der Waals surface area contributed by atoms with E-state index in [9.17, 15) is 9.59 Å². The molecule has 2 heterocycles. The third kappa shape index (κ3) is 4.14. The number of nitrogens with zero attached hydrogens (tertiary/aromatic N) is 2. The first-order chi connectivity index (χ1) is 15.5. The molecular weight excluding hydrogens is 406 g/mol. The molecule has 0 fully saturated rings. The van der Waals surface area contributed by atoms with Crippen molar-refractivity contribution in [3.8, 4) is 11.5 Å². The Labute approximate surface area is 187 Å². The van der Waals surface area contributed by atoms with Gasteiger partial charge in [-0.05, 0) is 55.0 Å². The number of carbonyl (C=O) groups excluding carboxylic acids is 2. The SMILES string of the molecule is COc1ccc(OC)c(CNC(=O)CC2c3ncccc3C(=O)N2c2cccc(C)c2)c1. The molecule has 1 atom stereocenters. The number of carbonyl (C=O) groups is 2. The Balaban J connectivity index is 1.56. The lowest BCUT2D eigenvalue weighted by Crippen LogP contribution is -2.33. The minimum atomic E-state index is -0.479. The Kier molecular flexibility index (Phi) is 6.07. The Morgan fingerprint density at radius 3 is 2.69 bits per heavy atom. The van der Waals surface area contributed by atoms with Gasteiger partial charge in [-0.2, -0.15) is 0 Å². The lowest BCUT2D eigenvalue weighted by atomic mass is 10.1. The summed E-state index contributed by atoms with van der Waals surface area (Å²) in [5, 5.41) is 2.94. The fourth-order valence-corrected chi connectivity index (χ4v) is 3.98. The van der Waals surface area contributed by atoms with Crippen LogP contribution in [0.5, 0.6) is 11.5 Å². The molecule has 1 N–H and O–H groups in total. The maximum Gasteiger partial charge on any atom is 0.260 e. The van der Waals surface area contributed by atoms with Crippen molar-refractivity contribution in [3.05, 3.63) is 83.2 Å². The zero-order valence-electron chi connectivity index (χ0n) is 18.3. The molecule has 7 heteroatoms. The fourth-order valence-electron chi connectivity index (χ4n) is 3.98. The number of rotatable bonds is 7. The van der Waals surface area contributed by atoms with E-state index < -0.39 is 6.04 Å². The highest BCUT2D eigenvalue weighted by atomic mass is 16.5. The van der Waals surface area contributed by atoms with Crippen LogP contribution in [0, 0.1) is 6.92 Å². The van der Waals surface area contributed by atoms with Gasteiger partial charge >= 0.3 is 0 Å². The molecule has 4 rings (SSSR count). The van der Waals surface area contributed by atoms with Crippen LogP contribution in [0.4, 0.5) is 5.69 Å². The smallest absolute Gasteiger partial charge is 0.260 e. The van der Waals surface area contributed by atoms with Gasteiger partial charge in [0.05, 0.1) is 37.9 Å². The third-order valence-corrected chi connectivity index (χ3v) is 5.54. The molecule has 0 aliphatic carbocycles. The number of fused-ring (bicyclic) bond motifs is 1. The van der Waals surface area contributed by atoms with E-state index in [0.29, 0.717) is 22.8 Å². The number of hydrogen-bond donors (Lipinski definition) is 1. The summed E-state index contributed by atoms with van der Waals surface area (Å²) in [6.45, 7) is 2.25. The van der Waals surface area contributed by atoms with Crippen molar-refractivity contribution >= 4 is 17.5 Å². The summed E-state index contributed by atoms with van der Waals surface area (Å²) in [5.41, 5.74) is 3.74. The van der Waals surface area contributed by atoms with E-state index in [2.05, 4.69) is 10.3 Å². The normalized spacial score (nSPS) is 14.8. The number of aromatic nitrogens is 1. The largest absolute Gasteiger partial charge is 0.497 e. The lowest BCUT2D eigenvalue weighted by molar-refractivity contribution is -0.121. The number of benzene rings is 2. The molecule has 3 aromatic rings. The Morgan fingerprint density at radius 1 is 1.09 bits per heavy atom. The minimum Gasteiger partial charge on any atom is -0.497 e. The van der Waals surface area contributed by atoms with E-state index in [-0.39, 0.29) is 24.8 Å². The summed E-state index contributed by atoms with van der Waals surface area (Å²) in [6, 6.07) is 16.1. The monoisotopic (exact) mass is 431 g/mol. The zero-order valence-corrected chi connectivity index (χ0v) is 18.3. The van der Waals surface area contributed by atoms with Gasteiger partial charge in [0.15, 0.2) is 0 Å². The number of ether oxygens (including phenoxy) is 2. The predicted molar refractivity (Wildman–Crippen MR) is 121 cm³/mol. The van der Waals surface area contributed by atoms with Crippen LogP contribution in [0.3, 0.4) is 0 Å². The first-order valence-corrected chi connectivity index (χ1v) is 10.3. The molecule has 2 amide bonds. The highest BCUT2D eigenvalue weighted by Crippen LogP contribution is 2.38. The number of nitrogens with one attached hydrogen (secondary N) is 1. The van der Waals surface area contributed by atoms with Crippen LogP contribution in [-0.4, -0.2) is 31.0 Å². The second-order valence-corrected chi connectivity index (χ2v) is 7.62. The van der Waals surface area contributed by atoms with E-state index in [1.807, 2.05) is 37.3 Å². The number of amides is 2. The molecule has 2 aromatic carbocycles. The number of aryl methyl sites for hydroxylation is 1. The van der Waals surface area contributed by atoms with Crippen LogP contribution in [0.15, 0.2) is 60.8 Å². The van der Waals surface area contributed by atoms with Gasteiger partial charge in [0.2, 0.25) is 5.91 Å². The summed E-state index contributed by atoms with van der Waals surface area (Å²) in [6.07, 6.45) is 1.74. The molecule has 1 aromatic heterocycles. The second kappa shape index (κ2) is 9.09. The number of pyridine rings is 1. The third-order valence-electron chi connectivity index (χ3n) is 5.54. The molecule has 0 spiro atoms. The van der Waals surface area contributed by atoms with Crippen LogP contribution >= 0.6 is 0 Å². The summed E-state index contributed by atoms with van der Waals surface area (Å²) in [4.78, 5) is 32.2. The predicted octanol–water partition coefficient (Wildman–Crippen LogP) is 3.82. The highest BCUT2D eigenvalue weighted by Gasteiger charge is 2.39. The number of hydrogen-bond acceptors (Lipinski definition) is 5. The maximum absolute atomic E-state index is 13.2. The van der Waals surface area contributed by atoms with Gasteiger partial charge in [-0.1, -0.05) is 12.1 Å². The second-order valence-electron chi connectivity index (χ2n) is 7.62. The first-order valence-electron chi connectivity index (χ1n) is 10.3. The molecule has 1 aliphatic heterocycles. The van der Waals surface area contributed by atoms with Crippen LogP contribution in [0.2, 0.25) is 0 Å². The molecule has 164 valence electrons. The van der Waals surface area contributed by atoms with Crippen molar-refractivity contribution in [2.24, 2.45) is 0 Å². The van der Waals surface area contributed by atoms with Gasteiger partial charge in [-0.3, -0.25) is 19.5 Å². The molecule has 0 radical (unpaired) electrons. The minimum absolute atomic E-state index is 0.0932. The van der Waals surface area contributed by atoms with Crippen molar-refractivity contribution in [3.63, 3.8) is 0 Å². The standard InChI is InChI=1S/C25H25N3O4/c1-16-6-4-7-18(12-16)28-21(24-20(25(28)30)8-5-11-26-24)14-23(29)27-15-17-13-19(31-2)9-10-22(17)32-3/h4-13,21H,14-15H2,1-3H3,(H,27,29). The molecule has 0 saturated carbocycles. The van der Waals surface area contributed by atoms with E-state index in [1.165, 1.54) is 0 Å². The van der Waals surface area contributed by atoms with Crippen molar-refractivity contribution in [1.29, 1.82) is 0 Å². The molecule has 1 unspecified atom stereocenters. The molecule has 0 saturated heterocycles. The van der Waals surface area contributed by atoms with E-state index in [4.69, 9.17) is 9.47 Å². The Hall–Kier alpha value is -3.87. The van der Waals surface area contributed by atoms with Crippen LogP contribution < -0.4 is 19.7 Å². The average molecular weight is 431 g/mol. The van der Waals surface area contributed by atoms with E-state index in [0.717, 1.165) is 16.8 Å². The fraction of sp³-hybridized carbons (Fsp3) is 0.240. The van der Waals surface area contributed by atoms with Crippen molar-refractivity contribution in [1.82, 2.24) is 10.3 Å². The summed E-state index contributed by atoms with van der Waals surface area (Å²) >= 11 is 0. The molecule has 0 bridgehead atoms. The van der Waals surface area contributed by atoms with Crippen LogP contribution in [0.1, 0.15) is 39.6 Å². The van der Waals surface area contributed by atoms with Crippen LogP contribution in [-0.2, 0) is 11.3 Å². The van der Waals surface area contributed by atoms with Crippen molar-refractivity contribution in [2.45, 2.75) is 25.9 Å². The number of anilines is 1. The van der Waals surface area contributed by atoms with Crippen LogP contribution in [0.25, 0.3) is 0 Å². The molecule has 32 heavy (non-hydrogen) atoms.